The molecule has 1 aromatic carbocycles. The van der Waals surface area contributed by atoms with Gasteiger partial charge in [0.25, 0.3) is 5.56 Å². The number of aryl methyl sites for hydroxylation is 3. The smallest absolute Gasteiger partial charge is 0.325 e. The van der Waals surface area contributed by atoms with Crippen molar-refractivity contribution in [2.24, 2.45) is 14.1 Å². The van der Waals surface area contributed by atoms with E-state index in [-0.39, 0.29) is 22.7 Å². The second-order valence-corrected chi connectivity index (χ2v) is 8.08. The highest BCUT2D eigenvalue weighted by Crippen LogP contribution is 2.22. The molecule has 3 aromatic rings. The zero-order valence-electron chi connectivity index (χ0n) is 17.6. The lowest BCUT2D eigenvalue weighted by Gasteiger charge is -2.11. The summed E-state index contributed by atoms with van der Waals surface area (Å²) in [7, 11) is 2.97. The molecular formula is C21H25N5O3S. The molecule has 0 aliphatic rings. The third-order valence-electron chi connectivity index (χ3n) is 4.78. The summed E-state index contributed by atoms with van der Waals surface area (Å²) in [6.45, 7) is 3.84. The number of carbonyl (C=O) groups is 1. The maximum absolute atomic E-state index is 12.6. The van der Waals surface area contributed by atoms with Gasteiger partial charge in [-0.15, -0.1) is 0 Å². The van der Waals surface area contributed by atoms with E-state index in [1.54, 1.807) is 14.0 Å². The summed E-state index contributed by atoms with van der Waals surface area (Å²) in [4.78, 5) is 45.8. The molecule has 9 heteroatoms. The van der Waals surface area contributed by atoms with Gasteiger partial charge >= 0.3 is 5.69 Å². The number of hydrogen-bond acceptors (Lipinski definition) is 6. The van der Waals surface area contributed by atoms with Crippen LogP contribution in [0.3, 0.4) is 0 Å². The lowest BCUT2D eigenvalue weighted by atomic mass is 10.1. The van der Waals surface area contributed by atoms with Gasteiger partial charge in [-0.1, -0.05) is 37.2 Å². The Morgan fingerprint density at radius 3 is 2.47 bits per heavy atom. The fourth-order valence-electron chi connectivity index (χ4n) is 3.10. The molecule has 8 nitrogen and oxygen atoms in total. The van der Waals surface area contributed by atoms with E-state index < -0.39 is 11.2 Å². The molecule has 1 amide bonds. The molecule has 0 radical (unpaired) electrons. The van der Waals surface area contributed by atoms with Crippen molar-refractivity contribution in [3.05, 3.63) is 56.5 Å². The Morgan fingerprint density at radius 2 is 1.80 bits per heavy atom. The number of benzene rings is 1. The fourth-order valence-corrected chi connectivity index (χ4v) is 3.96. The summed E-state index contributed by atoms with van der Waals surface area (Å²) < 4.78 is 2.33. The second kappa shape index (κ2) is 9.25. The average Bonchev–Trinajstić information content (AvgIpc) is 2.73. The van der Waals surface area contributed by atoms with Gasteiger partial charge in [0, 0.05) is 19.8 Å². The van der Waals surface area contributed by atoms with Gasteiger partial charge < -0.3 is 5.32 Å². The van der Waals surface area contributed by atoms with Gasteiger partial charge in [-0.2, -0.15) is 0 Å². The van der Waals surface area contributed by atoms with Gasteiger partial charge in [0.1, 0.15) is 16.2 Å². The number of thioether (sulfide) groups is 1. The molecule has 158 valence electrons. The van der Waals surface area contributed by atoms with Crippen LogP contribution in [-0.2, 0) is 25.3 Å². The summed E-state index contributed by atoms with van der Waals surface area (Å²) in [6.07, 6.45) is 3.31. The first kappa shape index (κ1) is 21.8. The van der Waals surface area contributed by atoms with E-state index in [1.807, 2.05) is 24.3 Å². The van der Waals surface area contributed by atoms with Gasteiger partial charge in [0.05, 0.1) is 5.75 Å². The van der Waals surface area contributed by atoms with Crippen LogP contribution >= 0.6 is 11.8 Å². The summed E-state index contributed by atoms with van der Waals surface area (Å²) >= 11 is 1.15. The summed E-state index contributed by atoms with van der Waals surface area (Å²) in [6, 6.07) is 7.82. The zero-order valence-corrected chi connectivity index (χ0v) is 18.4. The lowest BCUT2D eigenvalue weighted by molar-refractivity contribution is -0.113. The van der Waals surface area contributed by atoms with Crippen LogP contribution in [0.1, 0.15) is 31.2 Å². The number of unbranched alkanes of at least 4 members (excludes halogenated alkanes) is 1. The Bertz CT molecular complexity index is 1200. The van der Waals surface area contributed by atoms with E-state index in [1.165, 1.54) is 17.2 Å². The number of fused-ring (bicyclic) bond motifs is 1. The third kappa shape index (κ3) is 4.62. The summed E-state index contributed by atoms with van der Waals surface area (Å²) in [5.74, 6) is 0.304. The topological polar surface area (TPSA) is 98.9 Å². The number of hydrogen-bond donors (Lipinski definition) is 1. The minimum atomic E-state index is -0.473. The van der Waals surface area contributed by atoms with E-state index in [0.29, 0.717) is 10.9 Å². The highest BCUT2D eigenvalue weighted by molar-refractivity contribution is 8.00. The molecular weight excluding hydrogens is 402 g/mol. The first-order valence-electron chi connectivity index (χ1n) is 9.77. The quantitative estimate of drug-likeness (QED) is 0.459. The summed E-state index contributed by atoms with van der Waals surface area (Å²) in [5.41, 5.74) is 1.30. The molecule has 0 bridgehead atoms. The third-order valence-corrected chi connectivity index (χ3v) is 5.75. The maximum Gasteiger partial charge on any atom is 0.332 e. The van der Waals surface area contributed by atoms with E-state index in [0.717, 1.165) is 41.3 Å². The van der Waals surface area contributed by atoms with Crippen LogP contribution in [0.5, 0.6) is 0 Å². The first-order valence-corrected chi connectivity index (χ1v) is 10.8. The van der Waals surface area contributed by atoms with Crippen molar-refractivity contribution >= 4 is 34.4 Å². The average molecular weight is 428 g/mol. The Labute approximate surface area is 178 Å². The van der Waals surface area contributed by atoms with E-state index in [4.69, 9.17) is 0 Å². The largest absolute Gasteiger partial charge is 0.332 e. The van der Waals surface area contributed by atoms with Crippen molar-refractivity contribution in [3.8, 4) is 0 Å². The fraction of sp³-hybridized carbons (Fsp3) is 0.381. The zero-order chi connectivity index (χ0) is 21.8. The van der Waals surface area contributed by atoms with Gasteiger partial charge in [-0.3, -0.25) is 18.7 Å². The molecule has 0 saturated carbocycles. The first-order chi connectivity index (χ1) is 14.3. The van der Waals surface area contributed by atoms with Crippen LogP contribution in [0.15, 0.2) is 38.9 Å². The number of nitrogens with one attached hydrogen (secondary N) is 1. The minimum absolute atomic E-state index is 0.0785. The van der Waals surface area contributed by atoms with Crippen LogP contribution in [0.2, 0.25) is 0 Å². The number of amides is 1. The van der Waals surface area contributed by atoms with Crippen molar-refractivity contribution in [2.45, 2.75) is 38.1 Å². The number of aromatic nitrogens is 4. The van der Waals surface area contributed by atoms with Gasteiger partial charge in [0.15, 0.2) is 5.65 Å². The lowest BCUT2D eigenvalue weighted by Crippen LogP contribution is -2.37. The normalized spacial score (nSPS) is 11.1. The number of nitrogens with zero attached hydrogens (tertiary/aromatic N) is 4. The van der Waals surface area contributed by atoms with Crippen LogP contribution in [0.25, 0.3) is 11.0 Å². The predicted molar refractivity (Wildman–Crippen MR) is 119 cm³/mol. The highest BCUT2D eigenvalue weighted by Gasteiger charge is 2.17. The number of carbonyl (C=O) groups excluding carboxylic acids is 1. The van der Waals surface area contributed by atoms with Crippen LogP contribution in [0.4, 0.5) is 5.69 Å². The molecule has 0 aliphatic heterocycles. The SMILES string of the molecule is CCCCc1ccc(NC(=O)CSc2nc(C)nc3c2c(=O)n(C)c(=O)n3C)cc1. The molecule has 30 heavy (non-hydrogen) atoms. The van der Waals surface area contributed by atoms with Crippen molar-refractivity contribution < 1.29 is 4.79 Å². The van der Waals surface area contributed by atoms with E-state index in [9.17, 15) is 14.4 Å². The molecule has 0 atom stereocenters. The number of anilines is 1. The van der Waals surface area contributed by atoms with Gasteiger partial charge in [-0.05, 0) is 37.5 Å². The van der Waals surface area contributed by atoms with Gasteiger partial charge in [-0.25, -0.2) is 14.8 Å². The Balaban J connectivity index is 1.78. The second-order valence-electron chi connectivity index (χ2n) is 7.12. The van der Waals surface area contributed by atoms with E-state index in [2.05, 4.69) is 22.2 Å². The Hall–Kier alpha value is -2.94. The molecule has 0 aliphatic carbocycles. The molecule has 1 N–H and O–H groups in total. The molecule has 0 spiro atoms. The molecule has 2 heterocycles. The highest BCUT2D eigenvalue weighted by atomic mass is 32.2. The van der Waals surface area contributed by atoms with Gasteiger partial charge in [0.2, 0.25) is 5.91 Å². The monoisotopic (exact) mass is 427 g/mol. The van der Waals surface area contributed by atoms with Crippen molar-refractivity contribution in [1.82, 2.24) is 19.1 Å². The molecule has 3 rings (SSSR count). The van der Waals surface area contributed by atoms with Crippen molar-refractivity contribution in [3.63, 3.8) is 0 Å². The minimum Gasteiger partial charge on any atom is -0.325 e. The van der Waals surface area contributed by atoms with Crippen LogP contribution in [0, 0.1) is 6.92 Å². The predicted octanol–water partition coefficient (Wildman–Crippen LogP) is 2.41. The van der Waals surface area contributed by atoms with Crippen molar-refractivity contribution in [1.29, 1.82) is 0 Å². The molecule has 0 fully saturated rings. The number of rotatable bonds is 7. The molecule has 0 unspecified atom stereocenters. The summed E-state index contributed by atoms with van der Waals surface area (Å²) in [5, 5.41) is 3.49. The van der Waals surface area contributed by atoms with Crippen molar-refractivity contribution in [2.75, 3.05) is 11.1 Å². The molecule has 0 saturated heterocycles. The molecule has 2 aromatic heterocycles. The standard InChI is InChI=1S/C21H25N5O3S/c1-5-6-7-14-8-10-15(11-9-14)24-16(27)12-30-19-17-18(22-13(2)23-19)25(3)21(29)26(4)20(17)28/h8-11H,5-7,12H2,1-4H3,(H,24,27). The Kier molecular flexibility index (Phi) is 6.71. The van der Waals surface area contributed by atoms with Crippen LogP contribution in [-0.4, -0.2) is 30.8 Å². The van der Waals surface area contributed by atoms with Crippen LogP contribution < -0.4 is 16.6 Å². The van der Waals surface area contributed by atoms with E-state index >= 15 is 0 Å². The maximum atomic E-state index is 12.6. The Morgan fingerprint density at radius 1 is 1.10 bits per heavy atom.